The Hall–Kier alpha value is -2.68. The molecule has 1 atom stereocenters. The van der Waals surface area contributed by atoms with Gasteiger partial charge in [0.25, 0.3) is 0 Å². The van der Waals surface area contributed by atoms with E-state index in [9.17, 15) is 5.26 Å². The second-order valence-corrected chi connectivity index (χ2v) is 6.96. The normalized spacial score (nSPS) is 16.8. The molecular weight excluding hydrogens is 312 g/mol. The zero-order valence-electron chi connectivity index (χ0n) is 14.2. The number of aromatic nitrogens is 5. The number of hydrogen-bond donors (Lipinski definition) is 1. The Bertz CT molecular complexity index is 881. The van der Waals surface area contributed by atoms with Gasteiger partial charge in [0.05, 0.1) is 30.9 Å². The molecule has 3 heterocycles. The average molecular weight is 334 g/mol. The minimum atomic E-state index is 0.151. The van der Waals surface area contributed by atoms with Crippen molar-refractivity contribution in [1.82, 2.24) is 25.0 Å². The van der Waals surface area contributed by atoms with Crippen molar-refractivity contribution in [2.75, 3.05) is 0 Å². The monoisotopic (exact) mass is 334 g/mol. The first kappa shape index (κ1) is 15.8. The number of nitrogens with one attached hydrogen (secondary N) is 1. The van der Waals surface area contributed by atoms with Crippen LogP contribution in [0.2, 0.25) is 0 Å². The zero-order chi connectivity index (χ0) is 17.1. The second-order valence-electron chi connectivity index (χ2n) is 6.96. The highest BCUT2D eigenvalue weighted by atomic mass is 15.3. The van der Waals surface area contributed by atoms with E-state index in [4.69, 9.17) is 0 Å². The topological polar surface area (TPSA) is 83.2 Å². The van der Waals surface area contributed by atoms with E-state index in [0.717, 1.165) is 34.5 Å². The molecule has 1 N–H and O–H groups in total. The van der Waals surface area contributed by atoms with Gasteiger partial charge in [0.2, 0.25) is 0 Å². The van der Waals surface area contributed by atoms with Gasteiger partial charge in [-0.1, -0.05) is 32.1 Å². The Morgan fingerprint density at radius 3 is 3.00 bits per heavy atom. The fourth-order valence-corrected chi connectivity index (χ4v) is 3.98. The van der Waals surface area contributed by atoms with E-state index >= 15 is 0 Å². The number of nitriles is 1. The third-order valence-electron chi connectivity index (χ3n) is 5.30. The molecule has 3 aromatic rings. The van der Waals surface area contributed by atoms with E-state index in [1.54, 1.807) is 6.20 Å². The first-order chi connectivity index (χ1) is 12.3. The molecular formula is C19H22N6. The van der Waals surface area contributed by atoms with Crippen molar-refractivity contribution in [2.24, 2.45) is 5.92 Å². The highest BCUT2D eigenvalue weighted by Gasteiger charge is 2.21. The summed E-state index contributed by atoms with van der Waals surface area (Å²) in [5.41, 5.74) is 2.82. The molecule has 3 aromatic heterocycles. The van der Waals surface area contributed by atoms with E-state index in [1.165, 1.54) is 32.1 Å². The standard InChI is InChI=1S/C19H22N6/c20-8-6-16(10-14-4-2-1-3-5-14)25-13-15(11-23-25)18-12-22-24-19-17(18)7-9-21-19/h7,9,11-14,16H,1-6,10H2,(H,21,24)/t16-/m1/s1. The highest BCUT2D eigenvalue weighted by Crippen LogP contribution is 2.33. The van der Waals surface area contributed by atoms with Crippen LogP contribution in [0, 0.1) is 17.2 Å². The summed E-state index contributed by atoms with van der Waals surface area (Å²) in [6, 6.07) is 4.50. The first-order valence-electron chi connectivity index (χ1n) is 9.05. The lowest BCUT2D eigenvalue weighted by Gasteiger charge is -2.25. The summed E-state index contributed by atoms with van der Waals surface area (Å²) in [7, 11) is 0. The molecule has 0 aromatic carbocycles. The Morgan fingerprint density at radius 2 is 2.16 bits per heavy atom. The van der Waals surface area contributed by atoms with Gasteiger partial charge in [0.15, 0.2) is 5.65 Å². The van der Waals surface area contributed by atoms with Gasteiger partial charge in [-0.15, -0.1) is 5.10 Å². The SMILES string of the molecule is N#CC[C@H](CC1CCCCC1)n1cc(-c2cnnc3[nH]ccc23)cn1. The van der Waals surface area contributed by atoms with Gasteiger partial charge in [-0.3, -0.25) is 4.68 Å². The Labute approximate surface area is 146 Å². The largest absolute Gasteiger partial charge is 0.345 e. The van der Waals surface area contributed by atoms with Crippen LogP contribution in [0.25, 0.3) is 22.2 Å². The van der Waals surface area contributed by atoms with Crippen LogP contribution in [0.4, 0.5) is 0 Å². The lowest BCUT2D eigenvalue weighted by molar-refractivity contribution is 0.278. The van der Waals surface area contributed by atoms with Crippen LogP contribution in [-0.4, -0.2) is 25.0 Å². The van der Waals surface area contributed by atoms with E-state index < -0.39 is 0 Å². The molecule has 0 bridgehead atoms. The molecule has 1 fully saturated rings. The van der Waals surface area contributed by atoms with E-state index in [2.05, 4.69) is 26.3 Å². The molecule has 0 unspecified atom stereocenters. The molecule has 1 aliphatic rings. The quantitative estimate of drug-likeness (QED) is 0.756. The van der Waals surface area contributed by atoms with Crippen molar-refractivity contribution in [2.45, 2.75) is 51.0 Å². The lowest BCUT2D eigenvalue weighted by Crippen LogP contribution is -2.16. The third-order valence-corrected chi connectivity index (χ3v) is 5.30. The van der Waals surface area contributed by atoms with Gasteiger partial charge in [0.1, 0.15) is 0 Å². The van der Waals surface area contributed by atoms with Crippen molar-refractivity contribution < 1.29 is 0 Å². The second kappa shape index (κ2) is 7.06. The van der Waals surface area contributed by atoms with Crippen LogP contribution in [0.15, 0.2) is 30.9 Å². The maximum Gasteiger partial charge on any atom is 0.160 e. The maximum atomic E-state index is 9.25. The van der Waals surface area contributed by atoms with Crippen LogP contribution in [0.5, 0.6) is 0 Å². The van der Waals surface area contributed by atoms with Crippen LogP contribution in [0.3, 0.4) is 0 Å². The fourth-order valence-electron chi connectivity index (χ4n) is 3.98. The summed E-state index contributed by atoms with van der Waals surface area (Å²) < 4.78 is 1.98. The summed E-state index contributed by atoms with van der Waals surface area (Å²) in [6.07, 6.45) is 15.7. The first-order valence-corrected chi connectivity index (χ1v) is 9.05. The van der Waals surface area contributed by atoms with Crippen LogP contribution < -0.4 is 0 Å². The molecule has 0 amide bonds. The van der Waals surface area contributed by atoms with E-state index in [0.29, 0.717) is 6.42 Å². The smallest absolute Gasteiger partial charge is 0.160 e. The molecule has 6 nitrogen and oxygen atoms in total. The lowest BCUT2D eigenvalue weighted by atomic mass is 9.84. The fraction of sp³-hybridized carbons (Fsp3) is 0.474. The summed E-state index contributed by atoms with van der Waals surface area (Å²) >= 11 is 0. The third kappa shape index (κ3) is 3.27. The molecule has 0 radical (unpaired) electrons. The molecule has 0 saturated heterocycles. The van der Waals surface area contributed by atoms with Crippen LogP contribution in [-0.2, 0) is 0 Å². The van der Waals surface area contributed by atoms with Crippen molar-refractivity contribution >= 4 is 11.0 Å². The summed E-state index contributed by atoms with van der Waals surface area (Å²) in [5, 5.41) is 23.0. The molecule has 1 saturated carbocycles. The van der Waals surface area contributed by atoms with Gasteiger partial charge < -0.3 is 4.98 Å². The Morgan fingerprint density at radius 1 is 1.28 bits per heavy atom. The molecule has 128 valence electrons. The van der Waals surface area contributed by atoms with Gasteiger partial charge in [-0.2, -0.15) is 15.5 Å². The molecule has 6 heteroatoms. The van der Waals surface area contributed by atoms with Crippen molar-refractivity contribution in [1.29, 1.82) is 5.26 Å². The van der Waals surface area contributed by atoms with E-state index in [1.807, 2.05) is 29.3 Å². The molecule has 0 aliphatic heterocycles. The van der Waals surface area contributed by atoms with Gasteiger partial charge in [-0.05, 0) is 18.4 Å². The predicted molar refractivity (Wildman–Crippen MR) is 95.6 cm³/mol. The van der Waals surface area contributed by atoms with Gasteiger partial charge in [-0.25, -0.2) is 0 Å². The molecule has 4 rings (SSSR count). The number of nitrogens with zero attached hydrogens (tertiary/aromatic N) is 5. The van der Waals surface area contributed by atoms with Gasteiger partial charge in [0, 0.05) is 28.9 Å². The average Bonchev–Trinajstić information content (AvgIpc) is 3.31. The van der Waals surface area contributed by atoms with Crippen LogP contribution >= 0.6 is 0 Å². The van der Waals surface area contributed by atoms with Crippen molar-refractivity contribution in [3.8, 4) is 17.2 Å². The Balaban J connectivity index is 1.59. The molecule has 0 spiro atoms. The molecule has 25 heavy (non-hydrogen) atoms. The van der Waals surface area contributed by atoms with E-state index in [-0.39, 0.29) is 6.04 Å². The van der Waals surface area contributed by atoms with Crippen molar-refractivity contribution in [3.63, 3.8) is 0 Å². The minimum absolute atomic E-state index is 0.151. The van der Waals surface area contributed by atoms with Crippen molar-refractivity contribution in [3.05, 3.63) is 30.9 Å². The number of hydrogen-bond acceptors (Lipinski definition) is 4. The summed E-state index contributed by atoms with van der Waals surface area (Å²) in [6.45, 7) is 0. The summed E-state index contributed by atoms with van der Waals surface area (Å²) in [4.78, 5) is 3.09. The maximum absolute atomic E-state index is 9.25. The number of rotatable bonds is 5. The molecule has 1 aliphatic carbocycles. The summed E-state index contributed by atoms with van der Waals surface area (Å²) in [5.74, 6) is 0.721. The highest BCUT2D eigenvalue weighted by molar-refractivity contribution is 5.91. The Kier molecular flexibility index (Phi) is 4.47. The predicted octanol–water partition coefficient (Wildman–Crippen LogP) is 4.25. The van der Waals surface area contributed by atoms with Gasteiger partial charge >= 0.3 is 0 Å². The number of H-pyrrole nitrogens is 1. The number of fused-ring (bicyclic) bond motifs is 1. The van der Waals surface area contributed by atoms with Crippen LogP contribution in [0.1, 0.15) is 51.0 Å². The zero-order valence-corrected chi connectivity index (χ0v) is 14.2. The minimum Gasteiger partial charge on any atom is -0.345 e. The number of aromatic amines is 1.